The third kappa shape index (κ3) is 9.09. The number of rotatable bonds is 6. The molecule has 2 aliphatic heterocycles. The summed E-state index contributed by atoms with van der Waals surface area (Å²) in [6.45, 7) is 0.919. The van der Waals surface area contributed by atoms with Gasteiger partial charge in [0.2, 0.25) is 16.9 Å². The number of ether oxygens (including phenoxy) is 4. The van der Waals surface area contributed by atoms with E-state index in [1.54, 1.807) is 25.3 Å². The first-order valence-electron chi connectivity index (χ1n) is 14.4. The van der Waals surface area contributed by atoms with Gasteiger partial charge < -0.3 is 29.6 Å². The molecule has 0 unspecified atom stereocenters. The number of anilines is 1. The molecule has 0 spiro atoms. The highest BCUT2D eigenvalue weighted by Crippen LogP contribution is 2.29. The smallest absolute Gasteiger partial charge is 0.258 e. The Morgan fingerprint density at radius 1 is 1.13 bits per heavy atom. The number of aromatic nitrogens is 2. The van der Waals surface area contributed by atoms with Crippen LogP contribution in [0.5, 0.6) is 17.2 Å². The fourth-order valence-corrected chi connectivity index (χ4v) is 5.89. The zero-order valence-electron chi connectivity index (χ0n) is 25.0. The molecule has 5 rings (SSSR count). The third-order valence-corrected chi connectivity index (χ3v) is 8.08. The molecule has 1 aromatic heterocycles. The Morgan fingerprint density at radius 3 is 2.82 bits per heavy atom. The number of aryl methyl sites for hydroxylation is 1. The van der Waals surface area contributed by atoms with Crippen LogP contribution in [0.3, 0.4) is 0 Å². The van der Waals surface area contributed by atoms with E-state index in [2.05, 4.69) is 26.1 Å². The van der Waals surface area contributed by atoms with E-state index in [1.807, 2.05) is 11.0 Å². The summed E-state index contributed by atoms with van der Waals surface area (Å²) in [7, 11) is 3.05. The number of hydrogen-bond acceptors (Lipinski definition) is 11. The van der Waals surface area contributed by atoms with Crippen molar-refractivity contribution in [2.75, 3.05) is 45.8 Å². The van der Waals surface area contributed by atoms with Crippen LogP contribution >= 0.6 is 11.3 Å². The van der Waals surface area contributed by atoms with Crippen molar-refractivity contribution in [1.82, 2.24) is 25.7 Å². The zero-order chi connectivity index (χ0) is 31.8. The monoisotopic (exact) mass is 642 g/mol. The molecule has 1 fully saturated rings. The Labute approximate surface area is 263 Å². The Morgan fingerprint density at radius 2 is 2.00 bits per heavy atom. The maximum absolute atomic E-state index is 14.6. The van der Waals surface area contributed by atoms with E-state index in [1.165, 1.54) is 30.6 Å². The van der Waals surface area contributed by atoms with Crippen LogP contribution in [0.25, 0.3) is 0 Å². The van der Waals surface area contributed by atoms with E-state index in [-0.39, 0.29) is 50.2 Å². The molecule has 0 saturated carbocycles. The molecule has 15 heteroatoms. The number of hydrogen-bond donors (Lipinski definition) is 3. The van der Waals surface area contributed by atoms with Crippen LogP contribution in [0, 0.1) is 5.82 Å². The topological polar surface area (TPSA) is 153 Å². The number of nitrogens with one attached hydrogen (secondary N) is 3. The number of likely N-dealkylation sites (tertiary alicyclic amines) is 1. The number of carbonyl (C=O) groups excluding carboxylic acids is 3. The van der Waals surface area contributed by atoms with Crippen LogP contribution in [0.15, 0.2) is 36.4 Å². The predicted octanol–water partition coefficient (Wildman–Crippen LogP) is 2.05. The van der Waals surface area contributed by atoms with Crippen LogP contribution in [0.2, 0.25) is 0 Å². The second kappa shape index (κ2) is 15.1. The molecule has 3 aromatic rings. The van der Waals surface area contributed by atoms with Gasteiger partial charge in [-0.05, 0) is 48.2 Å². The minimum absolute atomic E-state index is 0.0442. The normalized spacial score (nSPS) is 19.4. The Bertz CT molecular complexity index is 1520. The lowest BCUT2D eigenvalue weighted by Crippen LogP contribution is -2.58. The molecule has 1 saturated heterocycles. The SMILES string of the molecule is COCc1nnc(NC(=O)CN2CC[C@H]3Oc4cc(F)cc(c4)CNC(=O)CCc4ccc(OC)c(c4)OCC(=O)N[C@@H]3C2)s1. The summed E-state index contributed by atoms with van der Waals surface area (Å²) < 4.78 is 37.1. The number of halogens is 1. The lowest BCUT2D eigenvalue weighted by molar-refractivity contribution is -0.125. The number of fused-ring (bicyclic) bond motifs is 5. The number of carbonyl (C=O) groups is 3. The van der Waals surface area contributed by atoms with Crippen molar-refractivity contribution >= 4 is 34.2 Å². The summed E-state index contributed by atoms with van der Waals surface area (Å²) in [6.07, 6.45) is 0.540. The maximum Gasteiger partial charge on any atom is 0.258 e. The molecule has 3 heterocycles. The average molecular weight is 643 g/mol. The van der Waals surface area contributed by atoms with Gasteiger partial charge in [0, 0.05) is 39.2 Å². The molecule has 240 valence electrons. The van der Waals surface area contributed by atoms with Gasteiger partial charge in [0.05, 0.1) is 19.7 Å². The molecule has 13 nitrogen and oxygen atoms in total. The van der Waals surface area contributed by atoms with Crippen LogP contribution < -0.4 is 30.2 Å². The van der Waals surface area contributed by atoms with E-state index in [0.29, 0.717) is 53.2 Å². The fraction of sp³-hybridized carbons (Fsp3) is 0.433. The standard InChI is InChI=1S/C30H35FN6O7S/c1-41-17-29-35-36-30(45-29)34-27(39)15-37-8-7-23-22(14-37)33-28(40)16-43-25-11-18(3-5-24(25)42-2)4-6-26(38)32-13-19-9-20(31)12-21(10-19)44-23/h3,5,9-12,22-23H,4,6-8,13-17H2,1-2H3,(H,32,38)(H,33,40)(H,34,36,39)/t22-,23-/m1/s1. The van der Waals surface area contributed by atoms with Crippen molar-refractivity contribution in [3.63, 3.8) is 0 Å². The number of piperidine rings is 1. The van der Waals surface area contributed by atoms with Gasteiger partial charge in [-0.3, -0.25) is 24.6 Å². The van der Waals surface area contributed by atoms with Gasteiger partial charge in [0.15, 0.2) is 18.1 Å². The van der Waals surface area contributed by atoms with E-state index in [9.17, 15) is 18.8 Å². The molecule has 2 aliphatic rings. The van der Waals surface area contributed by atoms with Crippen LogP contribution in [0.4, 0.5) is 9.52 Å². The van der Waals surface area contributed by atoms with E-state index < -0.39 is 23.9 Å². The molecule has 2 atom stereocenters. The first-order chi connectivity index (χ1) is 21.8. The lowest BCUT2D eigenvalue weighted by atomic mass is 10.0. The van der Waals surface area contributed by atoms with Gasteiger partial charge in [-0.2, -0.15) is 0 Å². The van der Waals surface area contributed by atoms with Crippen LogP contribution in [0.1, 0.15) is 29.0 Å². The molecule has 45 heavy (non-hydrogen) atoms. The molecule has 4 bridgehead atoms. The summed E-state index contributed by atoms with van der Waals surface area (Å²) in [5.74, 6) is -0.303. The van der Waals surface area contributed by atoms with Crippen molar-refractivity contribution in [2.24, 2.45) is 0 Å². The molecule has 2 aromatic carbocycles. The summed E-state index contributed by atoms with van der Waals surface area (Å²) >= 11 is 1.23. The van der Waals surface area contributed by atoms with Crippen molar-refractivity contribution in [1.29, 1.82) is 0 Å². The fourth-order valence-electron chi connectivity index (χ4n) is 5.16. The highest BCUT2D eigenvalue weighted by molar-refractivity contribution is 7.15. The molecule has 0 aliphatic carbocycles. The number of nitrogens with zero attached hydrogens (tertiary/aromatic N) is 3. The van der Waals surface area contributed by atoms with E-state index >= 15 is 0 Å². The van der Waals surface area contributed by atoms with Gasteiger partial charge in [0.25, 0.3) is 5.91 Å². The molecule has 3 amide bonds. The average Bonchev–Trinajstić information content (AvgIpc) is 3.45. The Hall–Kier alpha value is -4.34. The minimum Gasteiger partial charge on any atom is -0.493 e. The van der Waals surface area contributed by atoms with Crippen molar-refractivity contribution in [2.45, 2.75) is 44.6 Å². The largest absolute Gasteiger partial charge is 0.493 e. The van der Waals surface area contributed by atoms with E-state index in [0.717, 1.165) is 5.56 Å². The lowest BCUT2D eigenvalue weighted by Gasteiger charge is -2.38. The highest BCUT2D eigenvalue weighted by atomic mass is 32.1. The van der Waals surface area contributed by atoms with Crippen molar-refractivity contribution in [3.05, 3.63) is 58.3 Å². The Balaban J connectivity index is 1.33. The first kappa shape index (κ1) is 32.1. The van der Waals surface area contributed by atoms with Gasteiger partial charge in [-0.1, -0.05) is 17.4 Å². The number of methoxy groups -OCH3 is 2. The predicted molar refractivity (Wildman–Crippen MR) is 162 cm³/mol. The zero-order valence-corrected chi connectivity index (χ0v) is 25.8. The molecule has 3 N–H and O–H groups in total. The number of benzene rings is 2. The van der Waals surface area contributed by atoms with Crippen LogP contribution in [-0.2, 0) is 38.7 Å². The van der Waals surface area contributed by atoms with Gasteiger partial charge in [-0.15, -0.1) is 10.2 Å². The van der Waals surface area contributed by atoms with Gasteiger partial charge >= 0.3 is 0 Å². The molecular formula is C30H35FN6O7S. The van der Waals surface area contributed by atoms with Gasteiger partial charge in [-0.25, -0.2) is 4.39 Å². The second-order valence-electron chi connectivity index (χ2n) is 10.7. The Kier molecular flexibility index (Phi) is 10.8. The van der Waals surface area contributed by atoms with Crippen molar-refractivity contribution in [3.8, 4) is 17.2 Å². The second-order valence-corrected chi connectivity index (χ2v) is 11.7. The van der Waals surface area contributed by atoms with E-state index in [4.69, 9.17) is 18.9 Å². The highest BCUT2D eigenvalue weighted by Gasteiger charge is 2.33. The summed E-state index contributed by atoms with van der Waals surface area (Å²) in [6, 6.07) is 9.01. The number of amides is 3. The first-order valence-corrected chi connectivity index (χ1v) is 15.2. The van der Waals surface area contributed by atoms with Crippen LogP contribution in [-0.4, -0.2) is 85.4 Å². The summed E-state index contributed by atoms with van der Waals surface area (Å²) in [4.78, 5) is 40.4. The quantitative estimate of drug-likeness (QED) is 0.364. The third-order valence-electron chi connectivity index (χ3n) is 7.26. The van der Waals surface area contributed by atoms with Gasteiger partial charge in [0.1, 0.15) is 29.3 Å². The summed E-state index contributed by atoms with van der Waals surface area (Å²) in [5, 5.41) is 17.5. The molecule has 0 radical (unpaired) electrons. The van der Waals surface area contributed by atoms with Crippen molar-refractivity contribution < 1.29 is 37.7 Å². The maximum atomic E-state index is 14.6. The molecular weight excluding hydrogens is 607 g/mol. The summed E-state index contributed by atoms with van der Waals surface area (Å²) in [5.41, 5.74) is 1.37. The minimum atomic E-state index is -0.559.